The maximum absolute atomic E-state index is 14.9. The maximum atomic E-state index is 14.9. The van der Waals surface area contributed by atoms with E-state index < -0.39 is 11.6 Å². The molecule has 1 nitrogen and oxygen atoms in total. The second-order valence-electron chi connectivity index (χ2n) is 8.47. The number of aryl methyl sites for hydroxylation is 1. The van der Waals surface area contributed by atoms with Crippen molar-refractivity contribution >= 4 is 0 Å². The summed E-state index contributed by atoms with van der Waals surface area (Å²) in [7, 11) is 0. The minimum Gasteiger partial charge on any atom is -0.378 e. The van der Waals surface area contributed by atoms with E-state index in [9.17, 15) is 13.2 Å². The number of allylic oxidation sites excluding steroid dienone is 1. The lowest BCUT2D eigenvalue weighted by Gasteiger charge is -2.29. The number of hydrogen-bond donors (Lipinski definition) is 0. The molecule has 166 valence electrons. The number of hydrogen-bond acceptors (Lipinski definition) is 1. The fourth-order valence-corrected chi connectivity index (χ4v) is 4.33. The number of ether oxygens (including phenoxy) is 1. The zero-order chi connectivity index (χ0) is 22.7. The number of benzene rings is 3. The maximum Gasteiger partial charge on any atom is 0.166 e. The molecule has 0 aromatic heterocycles. The molecule has 0 saturated carbocycles. The molecule has 1 aliphatic heterocycles. The van der Waals surface area contributed by atoms with E-state index in [1.54, 1.807) is 42.5 Å². The van der Waals surface area contributed by atoms with E-state index in [-0.39, 0.29) is 29.0 Å². The Labute approximate surface area is 187 Å². The van der Waals surface area contributed by atoms with Crippen LogP contribution in [-0.4, -0.2) is 12.7 Å². The van der Waals surface area contributed by atoms with Crippen LogP contribution in [0.15, 0.2) is 67.3 Å². The van der Waals surface area contributed by atoms with Gasteiger partial charge in [0, 0.05) is 11.5 Å². The first-order valence-corrected chi connectivity index (χ1v) is 11.0. The van der Waals surface area contributed by atoms with E-state index in [0.717, 1.165) is 36.8 Å². The van der Waals surface area contributed by atoms with E-state index in [1.165, 1.54) is 6.92 Å². The van der Waals surface area contributed by atoms with E-state index >= 15 is 0 Å². The summed E-state index contributed by atoms with van der Waals surface area (Å²) in [6, 6.07) is 15.5. The molecule has 0 spiro atoms. The summed E-state index contributed by atoms with van der Waals surface area (Å²) in [6.45, 7) is 5.81. The molecule has 3 aromatic rings. The van der Waals surface area contributed by atoms with Gasteiger partial charge in [-0.2, -0.15) is 0 Å². The number of halogens is 3. The summed E-state index contributed by atoms with van der Waals surface area (Å²) in [5.41, 5.74) is 3.31. The van der Waals surface area contributed by atoms with E-state index in [2.05, 4.69) is 6.58 Å². The van der Waals surface area contributed by atoms with Gasteiger partial charge < -0.3 is 4.74 Å². The largest absolute Gasteiger partial charge is 0.378 e. The van der Waals surface area contributed by atoms with Gasteiger partial charge in [0.25, 0.3) is 0 Å². The molecular weight excluding hydrogens is 409 g/mol. The van der Waals surface area contributed by atoms with Gasteiger partial charge in [0.1, 0.15) is 5.82 Å². The zero-order valence-electron chi connectivity index (χ0n) is 18.2. The molecule has 32 heavy (non-hydrogen) atoms. The summed E-state index contributed by atoms with van der Waals surface area (Å²) >= 11 is 0. The molecule has 3 aromatic carbocycles. The predicted molar refractivity (Wildman–Crippen MR) is 123 cm³/mol. The van der Waals surface area contributed by atoms with Gasteiger partial charge >= 0.3 is 0 Å². The molecule has 0 amide bonds. The molecule has 2 unspecified atom stereocenters. The molecule has 4 rings (SSSR count). The summed E-state index contributed by atoms with van der Waals surface area (Å²) in [6.07, 6.45) is 5.87. The Morgan fingerprint density at radius 1 is 0.906 bits per heavy atom. The first-order valence-electron chi connectivity index (χ1n) is 11.0. The topological polar surface area (TPSA) is 9.23 Å². The molecule has 1 aliphatic rings. The van der Waals surface area contributed by atoms with Crippen molar-refractivity contribution in [1.29, 1.82) is 0 Å². The fraction of sp³-hybridized carbons (Fsp3) is 0.286. The van der Waals surface area contributed by atoms with Gasteiger partial charge in [0.2, 0.25) is 0 Å². The van der Waals surface area contributed by atoms with Crippen molar-refractivity contribution in [2.75, 3.05) is 6.61 Å². The third-order valence-electron chi connectivity index (χ3n) is 6.31. The minimum absolute atomic E-state index is 0.0609. The van der Waals surface area contributed by atoms with Crippen LogP contribution in [0, 0.1) is 24.4 Å². The number of rotatable bonds is 6. The van der Waals surface area contributed by atoms with Crippen LogP contribution in [0.4, 0.5) is 13.2 Å². The Kier molecular flexibility index (Phi) is 6.80. The fourth-order valence-electron chi connectivity index (χ4n) is 4.33. The molecule has 0 radical (unpaired) electrons. The van der Waals surface area contributed by atoms with Crippen LogP contribution in [0.25, 0.3) is 22.3 Å². The van der Waals surface area contributed by atoms with Gasteiger partial charge in [0.15, 0.2) is 11.6 Å². The molecule has 1 heterocycles. The summed E-state index contributed by atoms with van der Waals surface area (Å²) in [5, 5.41) is 0. The third kappa shape index (κ3) is 4.66. The van der Waals surface area contributed by atoms with Crippen LogP contribution in [-0.2, 0) is 4.74 Å². The average molecular weight is 437 g/mol. The van der Waals surface area contributed by atoms with Crippen LogP contribution in [0.2, 0.25) is 0 Å². The summed E-state index contributed by atoms with van der Waals surface area (Å²) in [4.78, 5) is 0. The van der Waals surface area contributed by atoms with Crippen molar-refractivity contribution in [3.8, 4) is 22.3 Å². The Morgan fingerprint density at radius 3 is 2.28 bits per heavy atom. The van der Waals surface area contributed by atoms with Crippen molar-refractivity contribution in [3.63, 3.8) is 0 Å². The lowest BCUT2D eigenvalue weighted by molar-refractivity contribution is -0.000784. The Hall–Kier alpha value is -2.85. The third-order valence-corrected chi connectivity index (χ3v) is 6.31. The van der Waals surface area contributed by atoms with Gasteiger partial charge in [-0.15, -0.1) is 6.58 Å². The Balaban J connectivity index is 1.49. The Morgan fingerprint density at radius 2 is 1.62 bits per heavy atom. The Bertz CT molecular complexity index is 1100. The second-order valence-corrected chi connectivity index (χ2v) is 8.47. The minimum atomic E-state index is -0.852. The van der Waals surface area contributed by atoms with E-state index in [1.807, 2.05) is 18.2 Å². The normalized spacial score (nSPS) is 18.5. The lowest BCUT2D eigenvalue weighted by atomic mass is 9.89. The monoisotopic (exact) mass is 436 g/mol. The van der Waals surface area contributed by atoms with Gasteiger partial charge in [-0.25, -0.2) is 13.2 Å². The average Bonchev–Trinajstić information content (AvgIpc) is 2.82. The zero-order valence-corrected chi connectivity index (χ0v) is 18.2. The van der Waals surface area contributed by atoms with Gasteiger partial charge in [0.05, 0.1) is 12.7 Å². The molecule has 0 N–H and O–H groups in total. The highest BCUT2D eigenvalue weighted by Crippen LogP contribution is 2.34. The van der Waals surface area contributed by atoms with Crippen molar-refractivity contribution in [1.82, 2.24) is 0 Å². The smallest absolute Gasteiger partial charge is 0.166 e. The van der Waals surface area contributed by atoms with Gasteiger partial charge in [-0.05, 0) is 66.5 Å². The van der Waals surface area contributed by atoms with Gasteiger partial charge in [-0.3, -0.25) is 0 Å². The van der Waals surface area contributed by atoms with Crippen LogP contribution in [0.1, 0.15) is 42.7 Å². The SMILES string of the molecule is C=CCCC1CCC(c2ccc(-c3ccc(-c4ccc(C)c(F)c4F)cc3)cc2F)CO1. The van der Waals surface area contributed by atoms with Crippen molar-refractivity contribution in [3.05, 3.63) is 95.8 Å². The van der Waals surface area contributed by atoms with Crippen molar-refractivity contribution in [2.45, 2.75) is 44.6 Å². The molecule has 1 fully saturated rings. The lowest BCUT2D eigenvalue weighted by Crippen LogP contribution is -2.25. The van der Waals surface area contributed by atoms with Crippen LogP contribution in [0.3, 0.4) is 0 Å². The molecule has 1 saturated heterocycles. The molecule has 4 heteroatoms. The second kappa shape index (κ2) is 9.74. The van der Waals surface area contributed by atoms with E-state index in [4.69, 9.17) is 4.74 Å². The molecule has 2 atom stereocenters. The first-order chi connectivity index (χ1) is 15.5. The van der Waals surface area contributed by atoms with Crippen molar-refractivity contribution in [2.24, 2.45) is 0 Å². The molecule has 0 bridgehead atoms. The van der Waals surface area contributed by atoms with Crippen LogP contribution >= 0.6 is 0 Å². The van der Waals surface area contributed by atoms with Gasteiger partial charge in [-0.1, -0.05) is 54.6 Å². The first kappa shape index (κ1) is 22.3. The highest BCUT2D eigenvalue weighted by Gasteiger charge is 2.24. The quantitative estimate of drug-likeness (QED) is 0.356. The van der Waals surface area contributed by atoms with Crippen molar-refractivity contribution < 1.29 is 17.9 Å². The molecule has 0 aliphatic carbocycles. The summed E-state index contributed by atoms with van der Waals surface area (Å²) < 4.78 is 49.1. The van der Waals surface area contributed by atoms with Crippen LogP contribution in [0.5, 0.6) is 0 Å². The van der Waals surface area contributed by atoms with E-state index in [0.29, 0.717) is 17.7 Å². The highest BCUT2D eigenvalue weighted by atomic mass is 19.2. The standard InChI is InChI=1S/C28H27F3O/c1-3-4-5-23-13-11-22(17-32-23)24-15-12-21(16-26(24)29)19-7-9-20(10-8-19)25-14-6-18(2)27(30)28(25)31/h3,6-10,12,14-16,22-23H,1,4-5,11,13,17H2,2H3. The highest BCUT2D eigenvalue weighted by molar-refractivity contribution is 5.71. The summed E-state index contributed by atoms with van der Waals surface area (Å²) in [5.74, 6) is -1.86. The predicted octanol–water partition coefficient (Wildman–Crippen LogP) is 7.98. The molecular formula is C28H27F3O. The van der Waals surface area contributed by atoms with Crippen LogP contribution < -0.4 is 0 Å².